The van der Waals surface area contributed by atoms with Crippen molar-refractivity contribution in [3.63, 3.8) is 0 Å². The SMILES string of the molecule is O=C(c1cccc(C(=O)N(Cc2ccccc2)c2ccccc2)n1)N1CCCCC1. The first-order valence-electron chi connectivity index (χ1n) is 10.4. The van der Waals surface area contributed by atoms with Crippen LogP contribution >= 0.6 is 0 Å². The molecule has 0 bridgehead atoms. The second kappa shape index (κ2) is 9.35. The summed E-state index contributed by atoms with van der Waals surface area (Å²) in [7, 11) is 0. The van der Waals surface area contributed by atoms with Gasteiger partial charge in [-0.3, -0.25) is 9.59 Å². The van der Waals surface area contributed by atoms with E-state index < -0.39 is 0 Å². The highest BCUT2D eigenvalue weighted by Crippen LogP contribution is 2.20. The number of rotatable bonds is 5. The maximum atomic E-state index is 13.4. The summed E-state index contributed by atoms with van der Waals surface area (Å²) in [5, 5.41) is 0. The van der Waals surface area contributed by atoms with Crippen LogP contribution in [0.2, 0.25) is 0 Å². The zero-order valence-corrected chi connectivity index (χ0v) is 16.9. The lowest BCUT2D eigenvalue weighted by Crippen LogP contribution is -2.36. The number of hydrogen-bond acceptors (Lipinski definition) is 3. The summed E-state index contributed by atoms with van der Waals surface area (Å²) in [6, 6.07) is 24.5. The second-order valence-corrected chi connectivity index (χ2v) is 7.47. The van der Waals surface area contributed by atoms with Gasteiger partial charge in [-0.05, 0) is 49.1 Å². The molecule has 152 valence electrons. The average Bonchev–Trinajstić information content (AvgIpc) is 2.83. The molecule has 5 nitrogen and oxygen atoms in total. The Hall–Kier alpha value is -3.47. The van der Waals surface area contributed by atoms with Gasteiger partial charge in [-0.2, -0.15) is 0 Å². The molecule has 4 rings (SSSR count). The Morgan fingerprint density at radius 3 is 2.10 bits per heavy atom. The topological polar surface area (TPSA) is 53.5 Å². The smallest absolute Gasteiger partial charge is 0.277 e. The zero-order chi connectivity index (χ0) is 20.8. The lowest BCUT2D eigenvalue weighted by molar-refractivity contribution is 0.0718. The third-order valence-electron chi connectivity index (χ3n) is 5.33. The van der Waals surface area contributed by atoms with Crippen molar-refractivity contribution >= 4 is 17.5 Å². The molecule has 1 aliphatic rings. The highest BCUT2D eigenvalue weighted by Gasteiger charge is 2.23. The van der Waals surface area contributed by atoms with Crippen LogP contribution in [0, 0.1) is 0 Å². The summed E-state index contributed by atoms with van der Waals surface area (Å²) in [5.74, 6) is -0.322. The van der Waals surface area contributed by atoms with E-state index in [9.17, 15) is 9.59 Å². The highest BCUT2D eigenvalue weighted by molar-refractivity contribution is 6.05. The van der Waals surface area contributed by atoms with E-state index in [0.29, 0.717) is 12.2 Å². The van der Waals surface area contributed by atoms with E-state index in [4.69, 9.17) is 0 Å². The second-order valence-electron chi connectivity index (χ2n) is 7.47. The van der Waals surface area contributed by atoms with Crippen molar-refractivity contribution < 1.29 is 9.59 Å². The highest BCUT2D eigenvalue weighted by atomic mass is 16.2. The average molecular weight is 399 g/mol. The van der Waals surface area contributed by atoms with Crippen molar-refractivity contribution in [1.82, 2.24) is 9.88 Å². The number of carbonyl (C=O) groups excluding carboxylic acids is 2. The summed E-state index contributed by atoms with van der Waals surface area (Å²) in [4.78, 5) is 34.3. The first-order chi connectivity index (χ1) is 14.7. The number of pyridine rings is 1. The van der Waals surface area contributed by atoms with Crippen LogP contribution in [-0.4, -0.2) is 34.8 Å². The molecular weight excluding hydrogens is 374 g/mol. The zero-order valence-electron chi connectivity index (χ0n) is 16.9. The van der Waals surface area contributed by atoms with E-state index in [1.807, 2.05) is 65.6 Å². The lowest BCUT2D eigenvalue weighted by atomic mass is 10.1. The molecule has 1 aliphatic heterocycles. The van der Waals surface area contributed by atoms with Gasteiger partial charge < -0.3 is 9.80 Å². The van der Waals surface area contributed by atoms with Crippen molar-refractivity contribution in [2.75, 3.05) is 18.0 Å². The normalized spacial score (nSPS) is 13.7. The maximum Gasteiger partial charge on any atom is 0.277 e. The van der Waals surface area contributed by atoms with Crippen LogP contribution in [0.25, 0.3) is 0 Å². The number of benzene rings is 2. The molecular formula is C25H25N3O2. The third kappa shape index (κ3) is 4.57. The van der Waals surface area contributed by atoms with Crippen molar-refractivity contribution in [3.05, 3.63) is 95.8 Å². The van der Waals surface area contributed by atoms with Crippen LogP contribution < -0.4 is 4.90 Å². The fraction of sp³-hybridized carbons (Fsp3) is 0.240. The molecule has 2 heterocycles. The molecule has 1 saturated heterocycles. The Bertz CT molecular complexity index is 999. The fourth-order valence-electron chi connectivity index (χ4n) is 3.72. The van der Waals surface area contributed by atoms with Gasteiger partial charge >= 0.3 is 0 Å². The first-order valence-corrected chi connectivity index (χ1v) is 10.4. The fourth-order valence-corrected chi connectivity index (χ4v) is 3.72. The van der Waals surface area contributed by atoms with E-state index in [1.165, 1.54) is 0 Å². The molecule has 0 aliphatic carbocycles. The molecule has 0 N–H and O–H groups in total. The van der Waals surface area contributed by atoms with Gasteiger partial charge in [0.1, 0.15) is 11.4 Å². The number of hydrogen-bond donors (Lipinski definition) is 0. The van der Waals surface area contributed by atoms with Crippen LogP contribution in [0.15, 0.2) is 78.9 Å². The van der Waals surface area contributed by atoms with Gasteiger partial charge in [0.05, 0.1) is 6.54 Å². The molecule has 0 atom stereocenters. The predicted octanol–water partition coefficient (Wildman–Crippen LogP) is 4.55. The lowest BCUT2D eigenvalue weighted by Gasteiger charge is -2.26. The van der Waals surface area contributed by atoms with Crippen LogP contribution in [-0.2, 0) is 6.54 Å². The predicted molar refractivity (Wildman–Crippen MR) is 117 cm³/mol. The molecule has 5 heteroatoms. The van der Waals surface area contributed by atoms with Crippen molar-refractivity contribution in [3.8, 4) is 0 Å². The number of likely N-dealkylation sites (tertiary alicyclic amines) is 1. The van der Waals surface area contributed by atoms with Gasteiger partial charge in [0.15, 0.2) is 0 Å². The van der Waals surface area contributed by atoms with Gasteiger partial charge in [0.2, 0.25) is 0 Å². The minimum atomic E-state index is -0.224. The number of nitrogens with zero attached hydrogens (tertiary/aromatic N) is 3. The molecule has 0 saturated carbocycles. The molecule has 30 heavy (non-hydrogen) atoms. The Kier molecular flexibility index (Phi) is 6.18. The Morgan fingerprint density at radius 1 is 0.767 bits per heavy atom. The van der Waals surface area contributed by atoms with Crippen molar-refractivity contribution in [2.24, 2.45) is 0 Å². The van der Waals surface area contributed by atoms with Gasteiger partial charge in [-0.15, -0.1) is 0 Å². The Balaban J connectivity index is 1.62. The number of aromatic nitrogens is 1. The monoisotopic (exact) mass is 399 g/mol. The Labute approximate surface area is 177 Å². The molecule has 3 aromatic rings. The number of amides is 2. The van der Waals surface area contributed by atoms with E-state index in [-0.39, 0.29) is 17.5 Å². The van der Waals surface area contributed by atoms with Gasteiger partial charge in [0.25, 0.3) is 11.8 Å². The van der Waals surface area contributed by atoms with Crippen molar-refractivity contribution in [1.29, 1.82) is 0 Å². The van der Waals surface area contributed by atoms with Crippen molar-refractivity contribution in [2.45, 2.75) is 25.8 Å². The molecule has 1 fully saturated rings. The van der Waals surface area contributed by atoms with Gasteiger partial charge in [-0.1, -0.05) is 54.6 Å². The maximum absolute atomic E-state index is 13.4. The quantitative estimate of drug-likeness (QED) is 0.632. The van der Waals surface area contributed by atoms with Crippen LogP contribution in [0.4, 0.5) is 5.69 Å². The number of anilines is 1. The largest absolute Gasteiger partial charge is 0.337 e. The van der Waals surface area contributed by atoms with E-state index >= 15 is 0 Å². The summed E-state index contributed by atoms with van der Waals surface area (Å²) in [6.45, 7) is 1.93. The van der Waals surface area contributed by atoms with Crippen LogP contribution in [0.1, 0.15) is 45.8 Å². The molecule has 2 amide bonds. The van der Waals surface area contributed by atoms with E-state index in [2.05, 4.69) is 4.98 Å². The summed E-state index contributed by atoms with van der Waals surface area (Å²) in [6.07, 6.45) is 3.19. The molecule has 0 spiro atoms. The number of carbonyl (C=O) groups is 2. The van der Waals surface area contributed by atoms with E-state index in [0.717, 1.165) is 43.6 Å². The molecule has 0 radical (unpaired) electrons. The summed E-state index contributed by atoms with van der Waals surface area (Å²) in [5.41, 5.74) is 2.42. The first kappa shape index (κ1) is 19.8. The van der Waals surface area contributed by atoms with Gasteiger partial charge in [0, 0.05) is 18.8 Å². The van der Waals surface area contributed by atoms with Crippen LogP contribution in [0.5, 0.6) is 0 Å². The minimum Gasteiger partial charge on any atom is -0.337 e. The number of piperidine rings is 1. The van der Waals surface area contributed by atoms with Gasteiger partial charge in [-0.25, -0.2) is 4.98 Å². The van der Waals surface area contributed by atoms with Crippen LogP contribution in [0.3, 0.4) is 0 Å². The van der Waals surface area contributed by atoms with E-state index in [1.54, 1.807) is 23.1 Å². The standard InChI is InChI=1S/C25H25N3O2/c29-24(27-17-8-3-9-18-27)22-15-10-16-23(26-22)25(30)28(21-13-6-2-7-14-21)19-20-11-4-1-5-12-20/h1-2,4-7,10-16H,3,8-9,17-19H2. The number of para-hydroxylation sites is 1. The Morgan fingerprint density at radius 2 is 1.40 bits per heavy atom. The molecule has 2 aromatic carbocycles. The summed E-state index contributed by atoms with van der Waals surface area (Å²) < 4.78 is 0. The third-order valence-corrected chi connectivity index (χ3v) is 5.33. The molecule has 0 unspecified atom stereocenters. The molecule has 1 aromatic heterocycles. The minimum absolute atomic E-state index is 0.0985. The summed E-state index contributed by atoms with van der Waals surface area (Å²) >= 11 is 0.